The summed E-state index contributed by atoms with van der Waals surface area (Å²) >= 11 is 0. The fourth-order valence-electron chi connectivity index (χ4n) is 14.2. The molecular formula is C99H70N13+. The zero-order chi connectivity index (χ0) is 75.3. The molecule has 0 aliphatic carbocycles. The third-order valence-corrected chi connectivity index (χ3v) is 20.0. The van der Waals surface area contributed by atoms with Crippen LogP contribution in [0, 0.1) is 0 Å². The van der Waals surface area contributed by atoms with Crippen LogP contribution >= 0.6 is 0 Å². The van der Waals surface area contributed by atoms with Crippen LogP contribution in [-0.2, 0) is 5.41 Å². The molecule has 0 saturated carbocycles. The normalized spacial score (nSPS) is 11.3. The van der Waals surface area contributed by atoms with Gasteiger partial charge in [-0.2, -0.15) is 4.57 Å². The average molecular weight is 1440 g/mol. The van der Waals surface area contributed by atoms with E-state index in [2.05, 4.69) is 201 Å². The maximum absolute atomic E-state index is 5.21. The molecule has 13 heteroatoms. The summed E-state index contributed by atoms with van der Waals surface area (Å²) in [4.78, 5) is 58.9. The lowest BCUT2D eigenvalue weighted by Gasteiger charge is -2.19. The second-order valence-corrected chi connectivity index (χ2v) is 28.4. The van der Waals surface area contributed by atoms with E-state index in [1.807, 2.05) is 146 Å². The van der Waals surface area contributed by atoms with Gasteiger partial charge in [0.05, 0.1) is 91.1 Å². The largest absolute Gasteiger partial charge is 0.255 e. The molecule has 0 N–H and O–H groups in total. The van der Waals surface area contributed by atoms with Crippen molar-refractivity contribution in [2.24, 2.45) is 0 Å². The predicted molar refractivity (Wildman–Crippen MR) is 447 cm³/mol. The van der Waals surface area contributed by atoms with E-state index in [0.717, 1.165) is 186 Å². The molecule has 0 spiro atoms. The van der Waals surface area contributed by atoms with Crippen molar-refractivity contribution in [3.63, 3.8) is 0 Å². The molecular weight excluding hydrogens is 1370 g/mol. The highest BCUT2D eigenvalue weighted by Gasteiger charge is 2.28. The van der Waals surface area contributed by atoms with Crippen LogP contribution in [0.15, 0.2) is 371 Å². The minimum atomic E-state index is -0.0529. The van der Waals surface area contributed by atoms with E-state index in [1.165, 1.54) is 5.56 Å². The fourth-order valence-corrected chi connectivity index (χ4v) is 14.2. The van der Waals surface area contributed by atoms with Gasteiger partial charge in [-0.05, 0) is 278 Å². The molecule has 18 aromatic rings. The van der Waals surface area contributed by atoms with Crippen molar-refractivity contribution in [3.05, 3.63) is 377 Å². The van der Waals surface area contributed by atoms with Crippen LogP contribution in [0.1, 0.15) is 26.3 Å². The van der Waals surface area contributed by atoms with Gasteiger partial charge in [0.15, 0.2) is 0 Å². The Hall–Kier alpha value is -15.0. The Morgan fingerprint density at radius 3 is 0.607 bits per heavy atom. The van der Waals surface area contributed by atoms with Crippen molar-refractivity contribution in [1.29, 1.82) is 0 Å². The van der Waals surface area contributed by atoms with Crippen LogP contribution in [0.2, 0.25) is 0 Å². The lowest BCUT2D eigenvalue weighted by Crippen LogP contribution is -2.36. The highest BCUT2D eigenvalue weighted by Crippen LogP contribution is 2.41. The molecule has 13 heterocycles. The van der Waals surface area contributed by atoms with E-state index in [-0.39, 0.29) is 5.41 Å². The third kappa shape index (κ3) is 14.7. The Morgan fingerprint density at radius 1 is 0.179 bits per heavy atom. The van der Waals surface area contributed by atoms with Crippen LogP contribution in [0.5, 0.6) is 0 Å². The van der Waals surface area contributed by atoms with Gasteiger partial charge in [-0.25, -0.2) is 19.9 Å². The molecule has 0 fully saturated rings. The second kappa shape index (κ2) is 30.4. The van der Waals surface area contributed by atoms with Gasteiger partial charge in [-0.1, -0.05) is 118 Å². The van der Waals surface area contributed by atoms with Crippen molar-refractivity contribution < 1.29 is 4.57 Å². The Morgan fingerprint density at radius 2 is 0.375 bits per heavy atom. The number of nitrogens with zero attached hydrogens (tertiary/aromatic N) is 13. The lowest BCUT2D eigenvalue weighted by atomic mass is 9.86. The smallest absolute Gasteiger partial charge is 0.219 e. The molecule has 18 rings (SSSR count). The minimum Gasteiger partial charge on any atom is -0.255 e. The summed E-state index contributed by atoms with van der Waals surface area (Å²) in [6.07, 6.45) is 14.4. The van der Waals surface area contributed by atoms with Crippen LogP contribution in [0.3, 0.4) is 0 Å². The maximum atomic E-state index is 5.21. The number of aromatic nitrogens is 13. The minimum absolute atomic E-state index is 0.0529. The summed E-state index contributed by atoms with van der Waals surface area (Å²) in [5.41, 5.74) is 30.0. The van der Waals surface area contributed by atoms with Crippen molar-refractivity contribution in [1.82, 2.24) is 59.8 Å². The van der Waals surface area contributed by atoms with E-state index in [1.54, 1.807) is 49.6 Å². The first-order valence-corrected chi connectivity index (χ1v) is 37.2. The molecule has 0 aliphatic rings. The highest BCUT2D eigenvalue weighted by atomic mass is 15.0. The summed E-state index contributed by atoms with van der Waals surface area (Å²) in [5, 5.41) is 0. The lowest BCUT2D eigenvalue weighted by molar-refractivity contribution is -0.572. The van der Waals surface area contributed by atoms with Gasteiger partial charge in [0.1, 0.15) is 0 Å². The van der Waals surface area contributed by atoms with Gasteiger partial charge < -0.3 is 0 Å². The van der Waals surface area contributed by atoms with E-state index in [9.17, 15) is 0 Å². The molecule has 0 amide bonds. The first-order valence-electron chi connectivity index (χ1n) is 37.2. The van der Waals surface area contributed by atoms with Crippen LogP contribution < -0.4 is 4.57 Å². The monoisotopic (exact) mass is 1440 g/mol. The molecule has 5 aromatic carbocycles. The Balaban J connectivity index is 0.835. The number of benzene rings is 5. The number of pyridine rings is 13. The molecule has 530 valence electrons. The highest BCUT2D eigenvalue weighted by molar-refractivity contribution is 5.87. The van der Waals surface area contributed by atoms with E-state index in [4.69, 9.17) is 59.8 Å². The molecule has 0 unspecified atom stereocenters. The zero-order valence-electron chi connectivity index (χ0n) is 61.5. The van der Waals surface area contributed by atoms with Gasteiger partial charge in [0.25, 0.3) is 0 Å². The number of rotatable bonds is 17. The van der Waals surface area contributed by atoms with Gasteiger partial charge in [0, 0.05) is 85.0 Å². The summed E-state index contributed by atoms with van der Waals surface area (Å²) in [7, 11) is 0. The third-order valence-electron chi connectivity index (χ3n) is 20.0. The molecule has 0 radical (unpaired) electrons. The van der Waals surface area contributed by atoms with Crippen molar-refractivity contribution in [2.75, 3.05) is 0 Å². The van der Waals surface area contributed by atoms with Crippen molar-refractivity contribution in [3.8, 4) is 186 Å². The fraction of sp³-hybridized carbons (Fsp3) is 0.0404. The molecule has 13 nitrogen and oxygen atoms in total. The topological polar surface area (TPSA) is 159 Å². The van der Waals surface area contributed by atoms with Crippen LogP contribution in [0.25, 0.3) is 186 Å². The molecule has 13 aromatic heterocycles. The SMILES string of the molecule is CC(C)(C)c1ccc(-c2cc(-c3ccc(-c4cc(-c5ccccn5)nc(-c5ccccn5)c4)cc3)[n+](-c3ccc(-c4cc(-c5cc(-c6ccccn6)nc(-c6ccccn6)c5)cc(-c5cc(-c6ccccn6)nc(-c6ccccn6)c5)c4)cc3)c(-c3ccc(-c4cc(-c5ccccn5)nc(-c5ccccn5)c4)cc3)c2)cc1. The van der Waals surface area contributed by atoms with Crippen molar-refractivity contribution in [2.45, 2.75) is 26.2 Å². The summed E-state index contributed by atoms with van der Waals surface area (Å²) in [5.74, 6) is 0. The first kappa shape index (κ1) is 68.8. The average Bonchev–Trinajstić information content (AvgIpc) is 0.760. The van der Waals surface area contributed by atoms with Gasteiger partial charge in [0.2, 0.25) is 17.1 Å². The standard InChI is InChI=1S/C99H70N13/c1-99(2,3)79-40-36-67(37-41-79)78-63-97(69-32-28-65(29-33-69)74-55-89(81-20-4-12-44-100-81)108-90(56-74)82-21-5-13-45-101-82)112(98(64-78)70-34-30-66(31-35-70)75-57-91(83-22-6-14-46-102-83)109-92(58-75)84-23-7-15-47-103-84)80-42-38-68(39-43-80)71-52-72(76-59-93(85-24-8-16-48-104-85)110-94(60-76)86-25-9-17-49-105-86)54-73(53-71)77-61-95(87-26-10-18-50-106-87)111-96(62-77)88-27-11-19-51-107-88/h4-64H,1-3H3/q+1. The molecule has 0 aliphatic heterocycles. The summed E-state index contributed by atoms with van der Waals surface area (Å²) < 4.78 is 2.41. The Labute approximate surface area is 649 Å². The molecule has 0 atom stereocenters. The molecule has 112 heavy (non-hydrogen) atoms. The molecule has 0 bridgehead atoms. The van der Waals surface area contributed by atoms with Gasteiger partial charge in [-0.15, -0.1) is 0 Å². The van der Waals surface area contributed by atoms with E-state index in [0.29, 0.717) is 0 Å². The van der Waals surface area contributed by atoms with E-state index < -0.39 is 0 Å². The van der Waals surface area contributed by atoms with E-state index >= 15 is 0 Å². The van der Waals surface area contributed by atoms with Gasteiger partial charge >= 0.3 is 0 Å². The Kier molecular flexibility index (Phi) is 18.7. The molecule has 0 saturated heterocycles. The van der Waals surface area contributed by atoms with Gasteiger partial charge in [-0.3, -0.25) is 39.9 Å². The van der Waals surface area contributed by atoms with Crippen LogP contribution in [-0.4, -0.2) is 59.8 Å². The second-order valence-electron chi connectivity index (χ2n) is 28.4. The maximum Gasteiger partial charge on any atom is 0.219 e. The zero-order valence-corrected chi connectivity index (χ0v) is 61.5. The summed E-state index contributed by atoms with van der Waals surface area (Å²) in [6.45, 7) is 6.77. The number of hydrogen-bond donors (Lipinski definition) is 0. The van der Waals surface area contributed by atoms with Crippen LogP contribution in [0.4, 0.5) is 0 Å². The summed E-state index contributed by atoms with van der Waals surface area (Å²) in [6, 6.07) is 111. The van der Waals surface area contributed by atoms with Crippen molar-refractivity contribution >= 4 is 0 Å². The number of hydrogen-bond acceptors (Lipinski definition) is 12. The quantitative estimate of drug-likeness (QED) is 0.0796. The first-order chi connectivity index (χ1) is 55.1. The predicted octanol–water partition coefficient (Wildman–Crippen LogP) is 22.7. The Bertz CT molecular complexity index is 5810.